The predicted molar refractivity (Wildman–Crippen MR) is 66.5 cm³/mol. The Morgan fingerprint density at radius 1 is 1.65 bits per heavy atom. The van der Waals surface area contributed by atoms with Crippen LogP contribution < -0.4 is 5.73 Å². The molecule has 1 aliphatic carbocycles. The molecule has 1 saturated carbocycles. The summed E-state index contributed by atoms with van der Waals surface area (Å²) in [4.78, 5) is 14.1. The zero-order valence-electron chi connectivity index (χ0n) is 9.85. The van der Waals surface area contributed by atoms with E-state index >= 15 is 0 Å². The molecular weight excluding hydrogens is 216 g/mol. The number of rotatable bonds is 4. The number of nitrogens with zero attached hydrogens (tertiary/aromatic N) is 2. The maximum atomic E-state index is 12.3. The van der Waals surface area contributed by atoms with Crippen molar-refractivity contribution in [3.63, 3.8) is 0 Å². The van der Waals surface area contributed by atoms with Crippen LogP contribution in [0.4, 0.5) is 5.82 Å². The number of anilines is 1. The normalized spacial score (nSPS) is 16.0. The molecule has 1 aromatic heterocycles. The molecular formula is C12H18N4O. The van der Waals surface area contributed by atoms with Gasteiger partial charge in [0.2, 0.25) is 0 Å². The van der Waals surface area contributed by atoms with Crippen LogP contribution in [0.2, 0.25) is 0 Å². The molecule has 1 aromatic rings. The summed E-state index contributed by atoms with van der Waals surface area (Å²) in [6.45, 7) is 4.28. The number of nitrogens with one attached hydrogen (secondary N) is 1. The molecule has 1 aliphatic rings. The van der Waals surface area contributed by atoms with Gasteiger partial charge in [0, 0.05) is 18.7 Å². The van der Waals surface area contributed by atoms with Crippen LogP contribution in [0.15, 0.2) is 18.7 Å². The average molecular weight is 234 g/mol. The van der Waals surface area contributed by atoms with Crippen molar-refractivity contribution in [2.45, 2.75) is 31.7 Å². The lowest BCUT2D eigenvalue weighted by Gasteiger charge is -2.27. The van der Waals surface area contributed by atoms with Crippen molar-refractivity contribution < 1.29 is 4.79 Å². The number of aromatic nitrogens is 2. The van der Waals surface area contributed by atoms with Crippen molar-refractivity contribution in [2.75, 3.05) is 12.3 Å². The lowest BCUT2D eigenvalue weighted by atomic mass is 10.2. The van der Waals surface area contributed by atoms with Crippen LogP contribution in [0.5, 0.6) is 0 Å². The first kappa shape index (κ1) is 11.7. The number of amides is 1. The molecule has 1 fully saturated rings. The van der Waals surface area contributed by atoms with E-state index < -0.39 is 0 Å². The van der Waals surface area contributed by atoms with Crippen LogP contribution in [0.25, 0.3) is 0 Å². The number of hydrogen-bond acceptors (Lipinski definition) is 3. The molecule has 5 nitrogen and oxygen atoms in total. The van der Waals surface area contributed by atoms with Crippen LogP contribution in [-0.2, 0) is 0 Å². The highest BCUT2D eigenvalue weighted by Crippen LogP contribution is 2.24. The molecule has 3 N–H and O–H groups in total. The summed E-state index contributed by atoms with van der Waals surface area (Å²) in [5.41, 5.74) is 5.97. The van der Waals surface area contributed by atoms with Gasteiger partial charge in [0.15, 0.2) is 0 Å². The molecule has 1 heterocycles. The minimum absolute atomic E-state index is 0.0407. The van der Waals surface area contributed by atoms with E-state index in [2.05, 4.69) is 16.8 Å². The Morgan fingerprint density at radius 3 is 2.88 bits per heavy atom. The number of nitrogens with two attached hydrogens (primary N) is 1. The molecule has 0 atom stereocenters. The van der Waals surface area contributed by atoms with Gasteiger partial charge in [-0.3, -0.25) is 9.89 Å². The first-order valence-corrected chi connectivity index (χ1v) is 5.95. The molecule has 0 bridgehead atoms. The third kappa shape index (κ3) is 2.49. The highest BCUT2D eigenvalue weighted by molar-refractivity contribution is 5.93. The van der Waals surface area contributed by atoms with Crippen LogP contribution >= 0.6 is 0 Å². The Morgan fingerprint density at radius 2 is 2.35 bits per heavy atom. The lowest BCUT2D eigenvalue weighted by Crippen LogP contribution is -2.39. The quantitative estimate of drug-likeness (QED) is 0.776. The van der Waals surface area contributed by atoms with Crippen LogP contribution in [0.1, 0.15) is 36.2 Å². The number of nitrogen functional groups attached to an aromatic ring is 1. The molecule has 0 aromatic carbocycles. The fourth-order valence-electron chi connectivity index (χ4n) is 2.35. The topological polar surface area (TPSA) is 75.0 Å². The minimum Gasteiger partial charge on any atom is -0.382 e. The highest BCUT2D eigenvalue weighted by Gasteiger charge is 2.27. The van der Waals surface area contributed by atoms with Gasteiger partial charge in [0.1, 0.15) is 11.5 Å². The molecule has 0 saturated heterocycles. The van der Waals surface area contributed by atoms with Gasteiger partial charge in [-0.2, -0.15) is 5.10 Å². The molecule has 5 heteroatoms. The number of carbonyl (C=O) groups excluding carboxylic acids is 1. The SMILES string of the molecule is C=CCN(C(=O)c1cc(N)n[nH]1)C1CCCC1. The van der Waals surface area contributed by atoms with Gasteiger partial charge in [-0.15, -0.1) is 6.58 Å². The summed E-state index contributed by atoms with van der Waals surface area (Å²) < 4.78 is 0. The maximum Gasteiger partial charge on any atom is 0.272 e. The van der Waals surface area contributed by atoms with E-state index in [9.17, 15) is 4.79 Å². The zero-order valence-corrected chi connectivity index (χ0v) is 9.85. The van der Waals surface area contributed by atoms with Crippen molar-refractivity contribution in [3.8, 4) is 0 Å². The second-order valence-electron chi connectivity index (χ2n) is 4.39. The van der Waals surface area contributed by atoms with Crippen molar-refractivity contribution >= 4 is 11.7 Å². The smallest absolute Gasteiger partial charge is 0.272 e. The Balaban J connectivity index is 2.14. The molecule has 1 amide bonds. The first-order chi connectivity index (χ1) is 8.22. The van der Waals surface area contributed by atoms with E-state index in [1.54, 1.807) is 12.1 Å². The van der Waals surface area contributed by atoms with Gasteiger partial charge in [-0.05, 0) is 12.8 Å². The largest absolute Gasteiger partial charge is 0.382 e. The fraction of sp³-hybridized carbons (Fsp3) is 0.500. The lowest BCUT2D eigenvalue weighted by molar-refractivity contribution is 0.0700. The second kappa shape index (κ2) is 5.03. The number of carbonyl (C=O) groups is 1. The predicted octanol–water partition coefficient (Wildman–Crippen LogP) is 1.56. The third-order valence-electron chi connectivity index (χ3n) is 3.18. The number of aromatic amines is 1. The molecule has 0 spiro atoms. The molecule has 17 heavy (non-hydrogen) atoms. The van der Waals surface area contributed by atoms with E-state index in [4.69, 9.17) is 5.73 Å². The van der Waals surface area contributed by atoms with Crippen molar-refractivity contribution in [2.24, 2.45) is 0 Å². The van der Waals surface area contributed by atoms with E-state index in [-0.39, 0.29) is 5.91 Å². The zero-order chi connectivity index (χ0) is 12.3. The van der Waals surface area contributed by atoms with Crippen LogP contribution in [0.3, 0.4) is 0 Å². The van der Waals surface area contributed by atoms with Crippen LogP contribution in [0, 0.1) is 0 Å². The number of H-pyrrole nitrogens is 1. The summed E-state index contributed by atoms with van der Waals surface area (Å²) in [6, 6.07) is 1.90. The molecule has 2 rings (SSSR count). The second-order valence-corrected chi connectivity index (χ2v) is 4.39. The summed E-state index contributed by atoms with van der Waals surface area (Å²) in [5.74, 6) is 0.305. The van der Waals surface area contributed by atoms with Gasteiger partial charge in [-0.25, -0.2) is 0 Å². The van der Waals surface area contributed by atoms with Crippen molar-refractivity contribution in [1.82, 2.24) is 15.1 Å². The van der Waals surface area contributed by atoms with Gasteiger partial charge < -0.3 is 10.6 Å². The monoisotopic (exact) mass is 234 g/mol. The highest BCUT2D eigenvalue weighted by atomic mass is 16.2. The van der Waals surface area contributed by atoms with Crippen molar-refractivity contribution in [3.05, 3.63) is 24.4 Å². The van der Waals surface area contributed by atoms with E-state index in [1.165, 1.54) is 12.8 Å². The third-order valence-corrected chi connectivity index (χ3v) is 3.18. The fourth-order valence-corrected chi connectivity index (χ4v) is 2.35. The minimum atomic E-state index is -0.0407. The summed E-state index contributed by atoms with van der Waals surface area (Å²) in [5, 5.41) is 6.45. The Bertz CT molecular complexity index is 406. The van der Waals surface area contributed by atoms with Gasteiger partial charge in [0.05, 0.1) is 0 Å². The molecule has 0 unspecified atom stereocenters. The van der Waals surface area contributed by atoms with Gasteiger partial charge >= 0.3 is 0 Å². The molecule has 92 valence electrons. The van der Waals surface area contributed by atoms with Gasteiger partial charge in [-0.1, -0.05) is 18.9 Å². The maximum absolute atomic E-state index is 12.3. The summed E-state index contributed by atoms with van der Waals surface area (Å²) in [7, 11) is 0. The van der Waals surface area contributed by atoms with Gasteiger partial charge in [0.25, 0.3) is 5.91 Å². The Kier molecular flexibility index (Phi) is 3.46. The van der Waals surface area contributed by atoms with E-state index in [0.717, 1.165) is 12.8 Å². The average Bonchev–Trinajstić information content (AvgIpc) is 2.95. The summed E-state index contributed by atoms with van der Waals surface area (Å²) >= 11 is 0. The first-order valence-electron chi connectivity index (χ1n) is 5.95. The Hall–Kier alpha value is -1.78. The van der Waals surface area contributed by atoms with E-state index in [1.807, 2.05) is 4.90 Å². The van der Waals surface area contributed by atoms with Crippen LogP contribution in [-0.4, -0.2) is 33.6 Å². The number of hydrogen-bond donors (Lipinski definition) is 2. The summed E-state index contributed by atoms with van der Waals surface area (Å²) in [6.07, 6.45) is 6.29. The van der Waals surface area contributed by atoms with E-state index in [0.29, 0.717) is 24.1 Å². The molecule has 0 aliphatic heterocycles. The standard InChI is InChI=1S/C12H18N4O/c1-2-7-16(9-5-3-4-6-9)12(17)10-8-11(13)15-14-10/h2,8-9H,1,3-7H2,(H3,13,14,15). The van der Waals surface area contributed by atoms with Crippen molar-refractivity contribution in [1.29, 1.82) is 0 Å². The molecule has 0 radical (unpaired) electrons. The Labute approximate surface area is 101 Å².